The smallest absolute Gasteiger partial charge is 0.0812 e. The van der Waals surface area contributed by atoms with Crippen molar-refractivity contribution in [3.05, 3.63) is 23.0 Å². The number of aliphatic hydroxyl groups excluding tert-OH is 1. The van der Waals surface area contributed by atoms with Crippen LogP contribution in [0.2, 0.25) is 0 Å². The van der Waals surface area contributed by atoms with Crippen LogP contribution in [0.4, 0.5) is 0 Å². The van der Waals surface area contributed by atoms with Crippen molar-refractivity contribution in [1.82, 2.24) is 4.57 Å². The van der Waals surface area contributed by atoms with E-state index in [2.05, 4.69) is 37.7 Å². The van der Waals surface area contributed by atoms with Crippen LogP contribution in [0.15, 0.2) is 6.07 Å². The zero-order valence-corrected chi connectivity index (χ0v) is 12.8. The lowest BCUT2D eigenvalue weighted by molar-refractivity contribution is 0.0979. The standard InChI is InChI=1S/C15H25NOS/c1-11-8-12-13(16(11)6-5-7-18-4)9-15(2,3)10-14(12)17/h8,14,17H,5-7,9-10H2,1-4H3. The number of hydrogen-bond acceptors (Lipinski definition) is 2. The molecule has 0 aromatic carbocycles. The molecule has 2 nitrogen and oxygen atoms in total. The topological polar surface area (TPSA) is 25.2 Å². The van der Waals surface area contributed by atoms with Gasteiger partial charge in [-0.05, 0) is 49.7 Å². The van der Waals surface area contributed by atoms with Crippen LogP contribution in [0, 0.1) is 12.3 Å². The molecule has 1 unspecified atom stereocenters. The van der Waals surface area contributed by atoms with Crippen molar-refractivity contribution >= 4 is 11.8 Å². The summed E-state index contributed by atoms with van der Waals surface area (Å²) in [4.78, 5) is 0. The maximum atomic E-state index is 10.3. The van der Waals surface area contributed by atoms with Gasteiger partial charge in [0.25, 0.3) is 0 Å². The predicted molar refractivity (Wildman–Crippen MR) is 79.2 cm³/mol. The van der Waals surface area contributed by atoms with Gasteiger partial charge in [-0.25, -0.2) is 0 Å². The number of aromatic nitrogens is 1. The first-order valence-electron chi connectivity index (χ1n) is 6.80. The van der Waals surface area contributed by atoms with Gasteiger partial charge in [0.05, 0.1) is 6.10 Å². The van der Waals surface area contributed by atoms with Gasteiger partial charge in [0.1, 0.15) is 0 Å². The first kappa shape index (κ1) is 14.0. The van der Waals surface area contributed by atoms with Gasteiger partial charge >= 0.3 is 0 Å². The second-order valence-corrected chi connectivity index (χ2v) is 7.23. The summed E-state index contributed by atoms with van der Waals surface area (Å²) in [5.41, 5.74) is 4.07. The second kappa shape index (κ2) is 5.30. The van der Waals surface area contributed by atoms with Gasteiger partial charge in [0.15, 0.2) is 0 Å². The number of thioether (sulfide) groups is 1. The lowest BCUT2D eigenvalue weighted by atomic mass is 9.75. The van der Waals surface area contributed by atoms with Gasteiger partial charge in [-0.2, -0.15) is 11.8 Å². The Morgan fingerprint density at radius 1 is 1.50 bits per heavy atom. The van der Waals surface area contributed by atoms with Crippen molar-refractivity contribution in [1.29, 1.82) is 0 Å². The van der Waals surface area contributed by atoms with E-state index in [0.717, 1.165) is 19.4 Å². The van der Waals surface area contributed by atoms with E-state index < -0.39 is 0 Å². The van der Waals surface area contributed by atoms with Crippen LogP contribution in [0.25, 0.3) is 0 Å². The van der Waals surface area contributed by atoms with Crippen molar-refractivity contribution < 1.29 is 5.11 Å². The van der Waals surface area contributed by atoms with Crippen LogP contribution in [0.3, 0.4) is 0 Å². The van der Waals surface area contributed by atoms with Crippen LogP contribution in [0.1, 0.15) is 49.7 Å². The lowest BCUT2D eigenvalue weighted by Gasteiger charge is -2.34. The molecule has 102 valence electrons. The largest absolute Gasteiger partial charge is 0.388 e. The SMILES string of the molecule is CSCCCn1c(C)cc2c1CC(C)(C)CC2O. The Morgan fingerprint density at radius 2 is 2.22 bits per heavy atom. The van der Waals surface area contributed by atoms with Crippen molar-refractivity contribution in [2.45, 2.75) is 52.7 Å². The normalized spacial score (nSPS) is 21.9. The maximum Gasteiger partial charge on any atom is 0.0812 e. The Labute approximate surface area is 115 Å². The molecule has 18 heavy (non-hydrogen) atoms. The Hall–Kier alpha value is -0.410. The average molecular weight is 267 g/mol. The number of fused-ring (bicyclic) bond motifs is 1. The molecule has 2 rings (SSSR count). The van der Waals surface area contributed by atoms with Gasteiger partial charge in [-0.15, -0.1) is 0 Å². The second-order valence-electron chi connectivity index (χ2n) is 6.25. The van der Waals surface area contributed by atoms with E-state index in [1.54, 1.807) is 0 Å². The van der Waals surface area contributed by atoms with E-state index in [1.807, 2.05) is 11.8 Å². The zero-order valence-electron chi connectivity index (χ0n) is 12.0. The highest BCUT2D eigenvalue weighted by atomic mass is 32.2. The molecule has 0 radical (unpaired) electrons. The molecule has 1 heterocycles. The highest BCUT2D eigenvalue weighted by Gasteiger charge is 2.33. The number of nitrogens with zero attached hydrogens (tertiary/aromatic N) is 1. The summed E-state index contributed by atoms with van der Waals surface area (Å²) in [5.74, 6) is 1.21. The lowest BCUT2D eigenvalue weighted by Crippen LogP contribution is -2.27. The van der Waals surface area contributed by atoms with Crippen LogP contribution in [-0.4, -0.2) is 21.7 Å². The summed E-state index contributed by atoms with van der Waals surface area (Å²) >= 11 is 1.90. The summed E-state index contributed by atoms with van der Waals surface area (Å²) in [6.07, 6.45) is 5.06. The third kappa shape index (κ3) is 2.77. The summed E-state index contributed by atoms with van der Waals surface area (Å²) in [7, 11) is 0. The molecule has 1 atom stereocenters. The minimum absolute atomic E-state index is 0.217. The summed E-state index contributed by atoms with van der Waals surface area (Å²) < 4.78 is 2.43. The van der Waals surface area contributed by atoms with Crippen molar-refractivity contribution in [3.63, 3.8) is 0 Å². The van der Waals surface area contributed by atoms with Crippen LogP contribution in [-0.2, 0) is 13.0 Å². The van der Waals surface area contributed by atoms with Crippen LogP contribution >= 0.6 is 11.8 Å². The predicted octanol–water partition coefficient (Wildman–Crippen LogP) is 3.56. The van der Waals surface area contributed by atoms with Gasteiger partial charge in [-0.3, -0.25) is 0 Å². The molecule has 0 amide bonds. The molecule has 1 aromatic rings. The van der Waals surface area contributed by atoms with Gasteiger partial charge in [-0.1, -0.05) is 13.8 Å². The fourth-order valence-corrected chi connectivity index (χ4v) is 3.50. The first-order chi connectivity index (χ1) is 8.44. The molecule has 0 saturated carbocycles. The van der Waals surface area contributed by atoms with Crippen LogP contribution in [0.5, 0.6) is 0 Å². The zero-order chi connectivity index (χ0) is 13.3. The third-order valence-electron chi connectivity index (χ3n) is 3.93. The molecular formula is C15H25NOS. The highest BCUT2D eigenvalue weighted by Crippen LogP contribution is 2.41. The van der Waals surface area contributed by atoms with E-state index in [-0.39, 0.29) is 11.5 Å². The molecule has 1 aliphatic rings. The molecule has 0 saturated heterocycles. The Bertz CT molecular complexity index is 422. The number of rotatable bonds is 4. The minimum Gasteiger partial charge on any atom is -0.388 e. The van der Waals surface area contributed by atoms with E-state index in [4.69, 9.17) is 0 Å². The molecule has 0 aliphatic heterocycles. The van der Waals surface area contributed by atoms with Crippen LogP contribution < -0.4 is 0 Å². The number of aliphatic hydroxyl groups is 1. The van der Waals surface area contributed by atoms with Gasteiger partial charge in [0, 0.05) is 23.5 Å². The van der Waals surface area contributed by atoms with Crippen molar-refractivity contribution in [2.75, 3.05) is 12.0 Å². The van der Waals surface area contributed by atoms with Gasteiger partial charge in [0.2, 0.25) is 0 Å². The fourth-order valence-electron chi connectivity index (χ4n) is 3.08. The molecule has 0 spiro atoms. The summed E-state index contributed by atoms with van der Waals surface area (Å²) in [6.45, 7) is 7.77. The highest BCUT2D eigenvalue weighted by molar-refractivity contribution is 7.98. The fraction of sp³-hybridized carbons (Fsp3) is 0.733. The van der Waals surface area contributed by atoms with E-state index in [1.165, 1.54) is 29.1 Å². The number of hydrogen-bond donors (Lipinski definition) is 1. The third-order valence-corrected chi connectivity index (χ3v) is 4.63. The van der Waals surface area contributed by atoms with E-state index in [9.17, 15) is 5.11 Å². The molecule has 0 bridgehead atoms. The number of aryl methyl sites for hydroxylation is 1. The van der Waals surface area contributed by atoms with E-state index in [0.29, 0.717) is 0 Å². The summed E-state index contributed by atoms with van der Waals surface area (Å²) in [6, 6.07) is 2.19. The van der Waals surface area contributed by atoms with Crippen molar-refractivity contribution in [2.24, 2.45) is 5.41 Å². The molecule has 1 aliphatic carbocycles. The van der Waals surface area contributed by atoms with Gasteiger partial charge < -0.3 is 9.67 Å². The average Bonchev–Trinajstić information content (AvgIpc) is 2.56. The molecule has 0 fully saturated rings. The quantitative estimate of drug-likeness (QED) is 0.844. The Balaban J connectivity index is 2.26. The monoisotopic (exact) mass is 267 g/mol. The minimum atomic E-state index is -0.274. The molecule has 1 N–H and O–H groups in total. The van der Waals surface area contributed by atoms with Crippen molar-refractivity contribution in [3.8, 4) is 0 Å². The Morgan fingerprint density at radius 3 is 2.89 bits per heavy atom. The first-order valence-corrected chi connectivity index (χ1v) is 8.20. The summed E-state index contributed by atoms with van der Waals surface area (Å²) in [5, 5.41) is 10.3. The van der Waals surface area contributed by atoms with E-state index >= 15 is 0 Å². The maximum absolute atomic E-state index is 10.3. The molecular weight excluding hydrogens is 242 g/mol. The molecule has 1 aromatic heterocycles. The molecule has 3 heteroatoms. The Kier molecular flexibility index (Phi) is 4.12.